The maximum Gasteiger partial charge on any atom is 0.239 e. The maximum absolute atomic E-state index is 15.2. The number of hydrogen-bond acceptors (Lipinski definition) is 7. The lowest BCUT2D eigenvalue weighted by Gasteiger charge is -2.35. The summed E-state index contributed by atoms with van der Waals surface area (Å²) >= 11 is 1.16. The van der Waals surface area contributed by atoms with Gasteiger partial charge in [-0.15, -0.1) is 6.42 Å². The van der Waals surface area contributed by atoms with Crippen LogP contribution in [0, 0.1) is 24.1 Å². The van der Waals surface area contributed by atoms with Gasteiger partial charge in [0, 0.05) is 18.0 Å². The first-order valence-electron chi connectivity index (χ1n) is 11.7. The second kappa shape index (κ2) is 9.41. The van der Waals surface area contributed by atoms with Crippen LogP contribution in [-0.4, -0.2) is 56.6 Å². The van der Waals surface area contributed by atoms with E-state index in [1.807, 2.05) is 0 Å². The molecule has 1 amide bonds. The van der Waals surface area contributed by atoms with Gasteiger partial charge < -0.3 is 15.4 Å². The number of rotatable bonds is 6. The first-order valence-corrected chi connectivity index (χ1v) is 12.5. The highest BCUT2D eigenvalue weighted by molar-refractivity contribution is 8.15. The van der Waals surface area contributed by atoms with Gasteiger partial charge in [-0.2, -0.15) is 0 Å². The van der Waals surface area contributed by atoms with Crippen LogP contribution in [0.2, 0.25) is 0 Å². The molecular weight excluding hydrogens is 503 g/mol. The number of nitrogens with two attached hydrogens (primary N) is 1. The minimum absolute atomic E-state index is 0.0112. The number of alkyl halides is 1. The number of benzene rings is 1. The number of terminal acetylenes is 1. The van der Waals surface area contributed by atoms with Gasteiger partial charge in [0.05, 0.1) is 24.5 Å². The number of amides is 1. The predicted molar refractivity (Wildman–Crippen MR) is 135 cm³/mol. The van der Waals surface area contributed by atoms with Crippen molar-refractivity contribution in [3.8, 4) is 18.2 Å². The van der Waals surface area contributed by atoms with Crippen molar-refractivity contribution in [1.82, 2.24) is 14.9 Å². The number of likely N-dealkylation sites (tertiary alicyclic amines) is 1. The Morgan fingerprint density at radius 3 is 2.89 bits per heavy atom. The third kappa shape index (κ3) is 4.55. The summed E-state index contributed by atoms with van der Waals surface area (Å²) in [7, 11) is 0. The van der Waals surface area contributed by atoms with E-state index < -0.39 is 28.1 Å². The summed E-state index contributed by atoms with van der Waals surface area (Å²) in [5.41, 5.74) is 5.52. The molecule has 1 aliphatic carbocycles. The number of aliphatic imine (C=N–C) groups is 1. The first kappa shape index (κ1) is 25.1. The minimum atomic E-state index is -1.15. The molecule has 2 aliphatic heterocycles. The Kier molecular flexibility index (Phi) is 6.40. The number of ether oxygens (including phenoxy) is 1. The van der Waals surface area contributed by atoms with Gasteiger partial charge in [-0.05, 0) is 43.5 Å². The summed E-state index contributed by atoms with van der Waals surface area (Å²) in [6.07, 6.45) is 8.49. The molecule has 7 nitrogen and oxygen atoms in total. The molecule has 1 saturated heterocycles. The Hall–Kier alpha value is -3.52. The fraction of sp³-hybridized carbons (Fsp3) is 0.385. The maximum atomic E-state index is 15.2. The van der Waals surface area contributed by atoms with Gasteiger partial charge >= 0.3 is 0 Å². The Balaban J connectivity index is 1.43. The fourth-order valence-corrected chi connectivity index (χ4v) is 6.54. The van der Waals surface area contributed by atoms with Crippen molar-refractivity contribution < 1.29 is 22.7 Å². The quantitative estimate of drug-likeness (QED) is 0.576. The van der Waals surface area contributed by atoms with Crippen LogP contribution in [0.5, 0.6) is 5.88 Å². The van der Waals surface area contributed by atoms with E-state index >= 15 is 4.39 Å². The number of hydrogen-bond donors (Lipinski definition) is 1. The molecule has 0 unspecified atom stereocenters. The van der Waals surface area contributed by atoms with Gasteiger partial charge in [0.25, 0.3) is 0 Å². The summed E-state index contributed by atoms with van der Waals surface area (Å²) in [4.78, 5) is 27.4. The summed E-state index contributed by atoms with van der Waals surface area (Å²) in [6.45, 7) is 2.13. The van der Waals surface area contributed by atoms with E-state index in [0.29, 0.717) is 24.9 Å². The van der Waals surface area contributed by atoms with Crippen molar-refractivity contribution >= 4 is 34.7 Å². The van der Waals surface area contributed by atoms with Crippen LogP contribution >= 0.6 is 11.8 Å². The Morgan fingerprint density at radius 1 is 1.41 bits per heavy atom. The van der Waals surface area contributed by atoms with Gasteiger partial charge in [-0.1, -0.05) is 23.7 Å². The van der Waals surface area contributed by atoms with Gasteiger partial charge in [0.1, 0.15) is 22.4 Å². The molecule has 11 heteroatoms. The van der Waals surface area contributed by atoms with Crippen LogP contribution in [0.3, 0.4) is 0 Å². The number of amidine groups is 1. The van der Waals surface area contributed by atoms with E-state index in [9.17, 15) is 13.6 Å². The molecule has 5 rings (SSSR count). The van der Waals surface area contributed by atoms with E-state index in [1.165, 1.54) is 41.6 Å². The lowest BCUT2D eigenvalue weighted by atomic mass is 9.84. The summed E-state index contributed by atoms with van der Waals surface area (Å²) < 4.78 is 48.1. The monoisotopic (exact) mass is 527 g/mol. The Morgan fingerprint density at radius 2 is 2.22 bits per heavy atom. The lowest BCUT2D eigenvalue weighted by Crippen LogP contribution is -2.45. The number of carbonyl (C=O) groups excluding carboxylic acids is 1. The van der Waals surface area contributed by atoms with Gasteiger partial charge in [-0.3, -0.25) is 9.79 Å². The lowest BCUT2D eigenvalue weighted by molar-refractivity contribution is -0.131. The van der Waals surface area contributed by atoms with Crippen LogP contribution in [0.25, 0.3) is 11.9 Å². The molecule has 3 heterocycles. The predicted octanol–water partition coefficient (Wildman–Crippen LogP) is 3.70. The Labute approximate surface area is 216 Å². The summed E-state index contributed by atoms with van der Waals surface area (Å²) in [6, 6.07) is 4.16. The highest BCUT2D eigenvalue weighted by Gasteiger charge is 2.71. The van der Waals surface area contributed by atoms with Crippen molar-refractivity contribution in [2.75, 3.05) is 19.7 Å². The molecule has 1 aromatic carbocycles. The molecule has 3 aliphatic rings. The Bertz CT molecular complexity index is 1340. The van der Waals surface area contributed by atoms with Gasteiger partial charge in [-0.25, -0.2) is 23.1 Å². The van der Waals surface area contributed by atoms with Crippen molar-refractivity contribution in [3.63, 3.8) is 0 Å². The highest BCUT2D eigenvalue weighted by atomic mass is 32.2. The zero-order valence-electron chi connectivity index (χ0n) is 20.0. The minimum Gasteiger partial charge on any atom is -0.463 e. The van der Waals surface area contributed by atoms with E-state index in [-0.39, 0.29) is 47.3 Å². The zero-order chi connectivity index (χ0) is 26.4. The standard InChI is InChI=1S/C26H24F3N5O2S/c1-3-8-36-22-13-31-20(12-32-22)19(29)10-15-4-5-18(28)17(9-15)25(2)21-11-26(21,37-24(30)33-25)23(35)34-7-6-16(27)14-34/h1,4-5,9-10,12-13,16,21H,6-8,11,14H2,2H3,(H2,30,33)/b19-10-/t16-,21+,25-,26+/m1/s1. The summed E-state index contributed by atoms with van der Waals surface area (Å²) in [5.74, 6) is 0.692. The number of thioether (sulfide) groups is 1. The van der Waals surface area contributed by atoms with Gasteiger partial charge in [0.15, 0.2) is 17.6 Å². The second-order valence-corrected chi connectivity index (χ2v) is 10.8. The van der Waals surface area contributed by atoms with E-state index in [2.05, 4.69) is 20.9 Å². The topological polar surface area (TPSA) is 93.7 Å². The third-order valence-corrected chi connectivity index (χ3v) is 8.29. The largest absolute Gasteiger partial charge is 0.463 e. The SMILES string of the molecule is C#CCOc1cnc(/C(F)=C/c2ccc(F)c([C@@]3(C)N=C(N)S[C@@]4(C(=O)N5CC[C@@H](F)C5)C[C@H]43)c2)cn1. The van der Waals surface area contributed by atoms with Crippen molar-refractivity contribution in [2.24, 2.45) is 16.6 Å². The molecule has 0 radical (unpaired) electrons. The highest BCUT2D eigenvalue weighted by Crippen LogP contribution is 2.66. The average Bonchev–Trinajstić information content (AvgIpc) is 3.48. The van der Waals surface area contributed by atoms with E-state index in [0.717, 1.165) is 11.8 Å². The fourth-order valence-electron chi connectivity index (χ4n) is 5.09. The molecule has 37 heavy (non-hydrogen) atoms. The van der Waals surface area contributed by atoms with Crippen LogP contribution in [0.1, 0.15) is 36.6 Å². The molecule has 2 N–H and O–H groups in total. The summed E-state index contributed by atoms with van der Waals surface area (Å²) in [5, 5.41) is 0.162. The molecule has 4 atom stereocenters. The van der Waals surface area contributed by atoms with Crippen LogP contribution in [0.15, 0.2) is 35.6 Å². The molecule has 1 saturated carbocycles. The van der Waals surface area contributed by atoms with Crippen LogP contribution in [-0.2, 0) is 10.3 Å². The second-order valence-electron chi connectivity index (χ2n) is 9.45. The number of carbonyl (C=O) groups is 1. The molecule has 1 aromatic heterocycles. The molecule has 192 valence electrons. The first-order chi connectivity index (χ1) is 17.7. The number of fused-ring (bicyclic) bond motifs is 1. The van der Waals surface area contributed by atoms with Crippen LogP contribution in [0.4, 0.5) is 13.2 Å². The normalized spacial score (nSPS) is 28.8. The van der Waals surface area contributed by atoms with Crippen molar-refractivity contribution in [2.45, 2.75) is 36.2 Å². The molecule has 0 spiro atoms. The number of halogens is 3. The van der Waals surface area contributed by atoms with Gasteiger partial charge in [0.2, 0.25) is 11.8 Å². The molecule has 2 fully saturated rings. The number of aromatic nitrogens is 2. The zero-order valence-corrected chi connectivity index (χ0v) is 20.8. The van der Waals surface area contributed by atoms with Crippen molar-refractivity contribution in [3.05, 3.63) is 53.2 Å². The molecule has 2 aromatic rings. The molecule has 0 bridgehead atoms. The number of nitrogens with zero attached hydrogens (tertiary/aromatic N) is 4. The van der Waals surface area contributed by atoms with Crippen LogP contribution < -0.4 is 10.5 Å². The third-order valence-electron chi connectivity index (χ3n) is 7.00. The van der Waals surface area contributed by atoms with E-state index in [4.69, 9.17) is 16.9 Å². The van der Waals surface area contributed by atoms with E-state index in [1.54, 1.807) is 6.92 Å². The smallest absolute Gasteiger partial charge is 0.239 e. The average molecular weight is 528 g/mol. The molecular formula is C26H24F3N5O2S. The van der Waals surface area contributed by atoms with Crippen molar-refractivity contribution in [1.29, 1.82) is 0 Å².